The number of ether oxygens (including phenoxy) is 1. The van der Waals surface area contributed by atoms with Crippen LogP contribution in [-0.2, 0) is 14.3 Å². The van der Waals surface area contributed by atoms with Crippen molar-refractivity contribution in [2.75, 3.05) is 13.2 Å². The van der Waals surface area contributed by atoms with Gasteiger partial charge in [-0.3, -0.25) is 19.8 Å². The number of nitrogens with zero attached hydrogens (tertiary/aromatic N) is 1. The lowest BCUT2D eigenvalue weighted by Gasteiger charge is -2.31. The van der Waals surface area contributed by atoms with Gasteiger partial charge >= 0.3 is 0 Å². The smallest absolute Gasteiger partial charge is 0.246 e. The van der Waals surface area contributed by atoms with Crippen LogP contribution in [0.15, 0.2) is 0 Å². The first kappa shape index (κ1) is 12.5. The van der Waals surface area contributed by atoms with Crippen molar-refractivity contribution in [3.05, 3.63) is 0 Å². The average Bonchev–Trinajstić information content (AvgIpc) is 2.71. The summed E-state index contributed by atoms with van der Waals surface area (Å²) in [4.78, 5) is 24.9. The highest BCUT2D eigenvalue weighted by Gasteiger charge is 2.44. The van der Waals surface area contributed by atoms with Gasteiger partial charge in [0.1, 0.15) is 0 Å². The van der Waals surface area contributed by atoms with Crippen molar-refractivity contribution >= 4 is 11.8 Å². The van der Waals surface area contributed by atoms with E-state index in [4.69, 9.17) is 4.74 Å². The maximum absolute atomic E-state index is 12.0. The predicted octanol–water partition coefficient (Wildman–Crippen LogP) is 0.291. The van der Waals surface area contributed by atoms with E-state index >= 15 is 0 Å². The molecule has 0 spiro atoms. The van der Waals surface area contributed by atoms with Crippen LogP contribution in [0.5, 0.6) is 0 Å². The summed E-state index contributed by atoms with van der Waals surface area (Å²) in [7, 11) is 0. The number of likely N-dealkylation sites (tertiary alicyclic amines) is 1. The minimum Gasteiger partial charge on any atom is -0.377 e. The first-order chi connectivity index (χ1) is 7.98. The Morgan fingerprint density at radius 3 is 2.71 bits per heavy atom. The summed E-state index contributed by atoms with van der Waals surface area (Å²) in [5.74, 6) is -0.178. The summed E-state index contributed by atoms with van der Waals surface area (Å²) in [5, 5.41) is 3.31. The van der Waals surface area contributed by atoms with Crippen LogP contribution >= 0.6 is 0 Å². The lowest BCUT2D eigenvalue weighted by atomic mass is 9.93. The summed E-state index contributed by atoms with van der Waals surface area (Å²) in [6.45, 7) is 7.03. The first-order valence-electron chi connectivity index (χ1n) is 6.21. The number of nitrogens with one attached hydrogen (secondary N) is 1. The molecule has 17 heavy (non-hydrogen) atoms. The van der Waals surface area contributed by atoms with E-state index in [1.54, 1.807) is 0 Å². The van der Waals surface area contributed by atoms with Crippen molar-refractivity contribution in [3.8, 4) is 0 Å². The predicted molar refractivity (Wildman–Crippen MR) is 62.4 cm³/mol. The Morgan fingerprint density at radius 1 is 1.53 bits per heavy atom. The van der Waals surface area contributed by atoms with Gasteiger partial charge in [-0.1, -0.05) is 0 Å². The monoisotopic (exact) mass is 240 g/mol. The van der Waals surface area contributed by atoms with E-state index in [0.29, 0.717) is 13.2 Å². The molecule has 2 fully saturated rings. The highest BCUT2D eigenvalue weighted by molar-refractivity contribution is 6.05. The third-order valence-corrected chi connectivity index (χ3v) is 3.95. The molecule has 0 aromatic heterocycles. The van der Waals surface area contributed by atoms with Gasteiger partial charge in [0.15, 0.2) is 0 Å². The molecule has 0 saturated carbocycles. The molecular weight excluding hydrogens is 220 g/mol. The molecule has 0 bridgehead atoms. The SMILES string of the molecule is CCN1C(=O)CC(NC2(C)CCOC2C)C1=O. The van der Waals surface area contributed by atoms with Gasteiger partial charge in [-0.05, 0) is 27.2 Å². The maximum atomic E-state index is 12.0. The highest BCUT2D eigenvalue weighted by Crippen LogP contribution is 2.27. The van der Waals surface area contributed by atoms with Gasteiger partial charge in [-0.25, -0.2) is 0 Å². The summed E-state index contributed by atoms with van der Waals surface area (Å²) >= 11 is 0. The molecule has 2 saturated heterocycles. The number of hydrogen-bond donors (Lipinski definition) is 1. The molecule has 0 radical (unpaired) electrons. The topological polar surface area (TPSA) is 58.6 Å². The minimum atomic E-state index is -0.378. The fourth-order valence-electron chi connectivity index (χ4n) is 2.55. The second-order valence-electron chi connectivity index (χ2n) is 5.06. The van der Waals surface area contributed by atoms with Crippen LogP contribution in [0.3, 0.4) is 0 Å². The lowest BCUT2D eigenvalue weighted by Crippen LogP contribution is -2.54. The largest absolute Gasteiger partial charge is 0.377 e. The van der Waals surface area contributed by atoms with Gasteiger partial charge in [-0.15, -0.1) is 0 Å². The van der Waals surface area contributed by atoms with Crippen LogP contribution in [0.2, 0.25) is 0 Å². The molecule has 96 valence electrons. The van der Waals surface area contributed by atoms with Gasteiger partial charge in [0.25, 0.3) is 0 Å². The van der Waals surface area contributed by atoms with Crippen molar-refractivity contribution < 1.29 is 14.3 Å². The summed E-state index contributed by atoms with van der Waals surface area (Å²) in [6, 6.07) is -0.378. The van der Waals surface area contributed by atoms with Crippen molar-refractivity contribution in [1.29, 1.82) is 0 Å². The van der Waals surface area contributed by atoms with Crippen molar-refractivity contribution in [3.63, 3.8) is 0 Å². The third-order valence-electron chi connectivity index (χ3n) is 3.95. The van der Waals surface area contributed by atoms with E-state index in [9.17, 15) is 9.59 Å². The van der Waals surface area contributed by atoms with Crippen LogP contribution in [0.25, 0.3) is 0 Å². The summed E-state index contributed by atoms with van der Waals surface area (Å²) in [5.41, 5.74) is -0.204. The average molecular weight is 240 g/mol. The van der Waals surface area contributed by atoms with E-state index in [0.717, 1.165) is 6.42 Å². The Kier molecular flexibility index (Phi) is 3.23. The molecule has 2 rings (SSSR count). The molecule has 2 aliphatic rings. The Morgan fingerprint density at radius 2 is 2.24 bits per heavy atom. The van der Waals surface area contributed by atoms with Crippen molar-refractivity contribution in [1.82, 2.24) is 10.2 Å². The van der Waals surface area contributed by atoms with Crippen LogP contribution in [0.1, 0.15) is 33.6 Å². The van der Waals surface area contributed by atoms with E-state index in [2.05, 4.69) is 12.2 Å². The fraction of sp³-hybridized carbons (Fsp3) is 0.833. The Balaban J connectivity index is 2.05. The fourth-order valence-corrected chi connectivity index (χ4v) is 2.55. The molecule has 3 unspecified atom stereocenters. The Bertz CT molecular complexity index is 345. The van der Waals surface area contributed by atoms with Crippen LogP contribution in [0.4, 0.5) is 0 Å². The molecule has 0 aromatic rings. The summed E-state index contributed by atoms with van der Waals surface area (Å²) < 4.78 is 5.52. The number of carbonyl (C=O) groups excluding carboxylic acids is 2. The molecule has 3 atom stereocenters. The lowest BCUT2D eigenvalue weighted by molar-refractivity contribution is -0.138. The summed E-state index contributed by atoms with van der Waals surface area (Å²) in [6.07, 6.45) is 1.22. The zero-order chi connectivity index (χ0) is 12.6. The molecule has 0 aromatic carbocycles. The molecular formula is C12H20N2O3. The first-order valence-corrected chi connectivity index (χ1v) is 6.21. The number of carbonyl (C=O) groups is 2. The Hall–Kier alpha value is -0.940. The van der Waals surface area contributed by atoms with E-state index < -0.39 is 0 Å². The van der Waals surface area contributed by atoms with Crippen LogP contribution < -0.4 is 5.32 Å². The second-order valence-corrected chi connectivity index (χ2v) is 5.06. The van der Waals surface area contributed by atoms with E-state index in [-0.39, 0.29) is 35.9 Å². The number of rotatable bonds is 3. The maximum Gasteiger partial charge on any atom is 0.246 e. The standard InChI is InChI=1S/C12H20N2O3/c1-4-14-10(15)7-9(11(14)16)13-12(3)5-6-17-8(12)2/h8-9,13H,4-7H2,1-3H3. The molecule has 5 heteroatoms. The zero-order valence-corrected chi connectivity index (χ0v) is 10.7. The van der Waals surface area contributed by atoms with Gasteiger partial charge in [-0.2, -0.15) is 0 Å². The third kappa shape index (κ3) is 2.09. The molecule has 1 N–H and O–H groups in total. The van der Waals surface area contributed by atoms with Gasteiger partial charge in [0.05, 0.1) is 18.6 Å². The van der Waals surface area contributed by atoms with Gasteiger partial charge in [0.2, 0.25) is 11.8 Å². The highest BCUT2D eigenvalue weighted by atomic mass is 16.5. The Labute approximate surface area is 101 Å². The van der Waals surface area contributed by atoms with Crippen LogP contribution in [0, 0.1) is 0 Å². The molecule has 2 aliphatic heterocycles. The number of imide groups is 1. The number of likely N-dealkylation sites (N-methyl/N-ethyl adjacent to an activating group) is 1. The normalized spacial score (nSPS) is 38.2. The van der Waals surface area contributed by atoms with E-state index in [1.165, 1.54) is 4.90 Å². The quantitative estimate of drug-likeness (QED) is 0.720. The van der Waals surface area contributed by atoms with Gasteiger partial charge in [0, 0.05) is 18.7 Å². The van der Waals surface area contributed by atoms with Gasteiger partial charge < -0.3 is 4.74 Å². The van der Waals surface area contributed by atoms with E-state index in [1.807, 2.05) is 13.8 Å². The molecule has 5 nitrogen and oxygen atoms in total. The second kappa shape index (κ2) is 4.38. The minimum absolute atomic E-state index is 0.0704. The number of hydrogen-bond acceptors (Lipinski definition) is 4. The number of amides is 2. The molecule has 2 amide bonds. The zero-order valence-electron chi connectivity index (χ0n) is 10.7. The van der Waals surface area contributed by atoms with Crippen molar-refractivity contribution in [2.24, 2.45) is 0 Å². The molecule has 0 aliphatic carbocycles. The van der Waals surface area contributed by atoms with Crippen molar-refractivity contribution in [2.45, 2.75) is 51.3 Å². The molecule has 2 heterocycles. The van der Waals surface area contributed by atoms with Crippen LogP contribution in [-0.4, -0.2) is 47.6 Å².